The number of nitrogens with one attached hydrogen (secondary N) is 1. The molecule has 0 spiro atoms. The number of hydrogen-bond acceptors (Lipinski definition) is 4. The van der Waals surface area contributed by atoms with Crippen molar-refractivity contribution in [1.29, 1.82) is 0 Å². The van der Waals surface area contributed by atoms with E-state index in [4.69, 9.17) is 4.74 Å². The third kappa shape index (κ3) is 4.13. The zero-order valence-corrected chi connectivity index (χ0v) is 18.5. The number of pyridine rings is 1. The number of anilines is 2. The van der Waals surface area contributed by atoms with Gasteiger partial charge in [0.15, 0.2) is 5.82 Å². The van der Waals surface area contributed by atoms with Gasteiger partial charge >= 0.3 is 6.03 Å². The summed E-state index contributed by atoms with van der Waals surface area (Å²) in [5.41, 5.74) is 2.81. The van der Waals surface area contributed by atoms with Gasteiger partial charge in [0.2, 0.25) is 0 Å². The smallest absolute Gasteiger partial charge is 0.322 e. The summed E-state index contributed by atoms with van der Waals surface area (Å²) in [6, 6.07) is 12.9. The Morgan fingerprint density at radius 1 is 1.09 bits per heavy atom. The molecule has 1 saturated heterocycles. The van der Waals surface area contributed by atoms with Crippen LogP contribution in [0.5, 0.6) is 5.75 Å². The number of alkyl halides is 2. The van der Waals surface area contributed by atoms with Gasteiger partial charge in [-0.05, 0) is 35.4 Å². The molecule has 0 atom stereocenters. The maximum Gasteiger partial charge on any atom is 0.322 e. The molecule has 176 valence electrons. The summed E-state index contributed by atoms with van der Waals surface area (Å²) in [4.78, 5) is 20.6. The van der Waals surface area contributed by atoms with Gasteiger partial charge in [-0.25, -0.2) is 22.9 Å². The Balaban J connectivity index is 1.49. The molecular formula is C25H23F3N4O2. The fourth-order valence-corrected chi connectivity index (χ4v) is 4.46. The minimum atomic E-state index is -2.85. The molecule has 0 unspecified atom stereocenters. The largest absolute Gasteiger partial charge is 0.497 e. The number of benzene rings is 2. The molecule has 0 saturated carbocycles. The second-order valence-corrected chi connectivity index (χ2v) is 8.49. The summed E-state index contributed by atoms with van der Waals surface area (Å²) in [5, 5.41) is 2.85. The van der Waals surface area contributed by atoms with E-state index in [1.54, 1.807) is 36.3 Å². The average molecular weight is 468 g/mol. The number of carbonyl (C=O) groups is 1. The lowest BCUT2D eigenvalue weighted by Gasteiger charge is -2.24. The van der Waals surface area contributed by atoms with E-state index in [-0.39, 0.29) is 30.0 Å². The van der Waals surface area contributed by atoms with E-state index < -0.39 is 24.3 Å². The molecule has 6 nitrogen and oxygen atoms in total. The molecule has 0 bridgehead atoms. The van der Waals surface area contributed by atoms with Crippen LogP contribution in [-0.4, -0.2) is 42.0 Å². The average Bonchev–Trinajstić information content (AvgIpc) is 3.42. The third-order valence-electron chi connectivity index (χ3n) is 6.22. The second kappa shape index (κ2) is 8.55. The van der Waals surface area contributed by atoms with Crippen LogP contribution < -0.4 is 15.0 Å². The van der Waals surface area contributed by atoms with Crippen LogP contribution in [0.2, 0.25) is 0 Å². The fourth-order valence-electron chi connectivity index (χ4n) is 4.46. The summed E-state index contributed by atoms with van der Waals surface area (Å²) in [5.74, 6) is -2.44. The van der Waals surface area contributed by atoms with Gasteiger partial charge in [0.1, 0.15) is 11.6 Å². The number of hydrogen-bond donors (Lipinski definition) is 1. The first-order valence-electron chi connectivity index (χ1n) is 10.9. The SMILES string of the molecule is COc1ccc2c(c1)CN(C(=O)Nc1c(-c3ccccc3F)ccnc1N1CCC(F)(F)C1)C2. The van der Waals surface area contributed by atoms with Crippen LogP contribution in [0.4, 0.5) is 29.5 Å². The topological polar surface area (TPSA) is 57.7 Å². The van der Waals surface area contributed by atoms with Crippen LogP contribution in [0.15, 0.2) is 54.7 Å². The molecule has 34 heavy (non-hydrogen) atoms. The van der Waals surface area contributed by atoms with Crippen molar-refractivity contribution < 1.29 is 22.7 Å². The Morgan fingerprint density at radius 2 is 1.88 bits per heavy atom. The Morgan fingerprint density at radius 3 is 2.62 bits per heavy atom. The molecule has 1 fully saturated rings. The van der Waals surface area contributed by atoms with Crippen LogP contribution in [0.1, 0.15) is 17.5 Å². The van der Waals surface area contributed by atoms with Crippen LogP contribution in [0.25, 0.3) is 11.1 Å². The molecule has 3 heterocycles. The molecule has 2 amide bonds. The lowest BCUT2D eigenvalue weighted by atomic mass is 10.0. The second-order valence-electron chi connectivity index (χ2n) is 8.49. The monoisotopic (exact) mass is 468 g/mol. The molecular weight excluding hydrogens is 445 g/mol. The number of methoxy groups -OCH3 is 1. The van der Waals surface area contributed by atoms with Crippen LogP contribution in [0.3, 0.4) is 0 Å². The van der Waals surface area contributed by atoms with Gasteiger partial charge in [-0.3, -0.25) is 0 Å². The summed E-state index contributed by atoms with van der Waals surface area (Å²) in [6.07, 6.45) is 1.14. The van der Waals surface area contributed by atoms with Crippen molar-refractivity contribution in [2.75, 3.05) is 30.4 Å². The highest BCUT2D eigenvalue weighted by Crippen LogP contribution is 2.40. The maximum atomic E-state index is 14.7. The van der Waals surface area contributed by atoms with Crippen LogP contribution in [-0.2, 0) is 13.1 Å². The first-order chi connectivity index (χ1) is 16.3. The van der Waals surface area contributed by atoms with Crippen molar-refractivity contribution in [2.24, 2.45) is 0 Å². The first-order valence-corrected chi connectivity index (χ1v) is 10.9. The molecule has 9 heteroatoms. The van der Waals surface area contributed by atoms with E-state index in [1.807, 2.05) is 18.2 Å². The summed E-state index contributed by atoms with van der Waals surface area (Å²) >= 11 is 0. The number of nitrogens with zero attached hydrogens (tertiary/aromatic N) is 3. The number of carbonyl (C=O) groups excluding carboxylic acids is 1. The Bertz CT molecular complexity index is 1250. The molecule has 2 aromatic carbocycles. The molecule has 5 rings (SSSR count). The van der Waals surface area contributed by atoms with Crippen molar-refractivity contribution in [3.63, 3.8) is 0 Å². The highest BCUT2D eigenvalue weighted by Gasteiger charge is 2.40. The van der Waals surface area contributed by atoms with Gasteiger partial charge in [0.05, 0.1) is 19.3 Å². The first kappa shape index (κ1) is 22.1. The van der Waals surface area contributed by atoms with Crippen molar-refractivity contribution in [1.82, 2.24) is 9.88 Å². The fraction of sp³-hybridized carbons (Fsp3) is 0.280. The van der Waals surface area contributed by atoms with Crippen molar-refractivity contribution in [3.8, 4) is 16.9 Å². The molecule has 1 aromatic heterocycles. The van der Waals surface area contributed by atoms with Crippen molar-refractivity contribution in [2.45, 2.75) is 25.4 Å². The van der Waals surface area contributed by atoms with E-state index in [9.17, 15) is 18.0 Å². The molecule has 0 aliphatic carbocycles. The van der Waals surface area contributed by atoms with Gasteiger partial charge in [-0.2, -0.15) is 0 Å². The summed E-state index contributed by atoms with van der Waals surface area (Å²) < 4.78 is 47.9. The van der Waals surface area contributed by atoms with Crippen LogP contribution in [0, 0.1) is 5.82 Å². The summed E-state index contributed by atoms with van der Waals surface area (Å²) in [7, 11) is 1.58. The van der Waals surface area contributed by atoms with Gasteiger partial charge in [0, 0.05) is 43.4 Å². The lowest BCUT2D eigenvalue weighted by Crippen LogP contribution is -2.32. The quantitative estimate of drug-likeness (QED) is 0.566. The molecule has 2 aliphatic heterocycles. The molecule has 0 radical (unpaired) electrons. The minimum Gasteiger partial charge on any atom is -0.497 e. The highest BCUT2D eigenvalue weighted by atomic mass is 19.3. The number of fused-ring (bicyclic) bond motifs is 1. The minimum absolute atomic E-state index is 0.0819. The van der Waals surface area contributed by atoms with Gasteiger partial charge in [-0.1, -0.05) is 24.3 Å². The Kier molecular flexibility index (Phi) is 5.55. The lowest BCUT2D eigenvalue weighted by molar-refractivity contribution is 0.0257. The third-order valence-corrected chi connectivity index (χ3v) is 6.22. The standard InChI is InChI=1S/C25H23F3N4O2/c1-34-18-7-6-16-13-32(14-17(16)12-18)24(33)30-22-20(19-4-2-3-5-21(19)26)8-10-29-23(22)31-11-9-25(27,28)15-31/h2-8,10,12H,9,11,13-15H2,1H3,(H,30,33). The van der Waals surface area contributed by atoms with Gasteiger partial charge in [-0.15, -0.1) is 0 Å². The van der Waals surface area contributed by atoms with E-state index in [0.29, 0.717) is 24.4 Å². The molecule has 2 aliphatic rings. The van der Waals surface area contributed by atoms with Crippen molar-refractivity contribution in [3.05, 3.63) is 71.7 Å². The van der Waals surface area contributed by atoms with E-state index in [2.05, 4.69) is 10.3 Å². The predicted octanol–water partition coefficient (Wildman–Crippen LogP) is 5.29. The van der Waals surface area contributed by atoms with E-state index >= 15 is 0 Å². The number of aromatic nitrogens is 1. The van der Waals surface area contributed by atoms with Gasteiger partial charge < -0.3 is 19.9 Å². The van der Waals surface area contributed by atoms with Crippen LogP contribution >= 0.6 is 0 Å². The van der Waals surface area contributed by atoms with E-state index in [0.717, 1.165) is 11.1 Å². The number of urea groups is 1. The Labute approximate surface area is 195 Å². The van der Waals surface area contributed by atoms with Gasteiger partial charge in [0.25, 0.3) is 5.92 Å². The van der Waals surface area contributed by atoms with Crippen molar-refractivity contribution >= 4 is 17.5 Å². The highest BCUT2D eigenvalue weighted by molar-refractivity contribution is 5.99. The zero-order valence-electron chi connectivity index (χ0n) is 18.5. The molecule has 1 N–H and O–H groups in total. The zero-order chi connectivity index (χ0) is 23.9. The number of halogens is 3. The predicted molar refractivity (Wildman–Crippen MR) is 123 cm³/mol. The molecule has 3 aromatic rings. The number of rotatable bonds is 4. The normalized spacial score (nSPS) is 16.5. The Hall–Kier alpha value is -3.75. The maximum absolute atomic E-state index is 14.7. The summed E-state index contributed by atoms with van der Waals surface area (Å²) in [6.45, 7) is 0.319. The number of amides is 2. The van der Waals surface area contributed by atoms with E-state index in [1.165, 1.54) is 17.2 Å². The number of ether oxygens (including phenoxy) is 1.